The Hall–Kier alpha value is -2.63. The second kappa shape index (κ2) is 6.43. The van der Waals surface area contributed by atoms with E-state index in [-0.39, 0.29) is 11.5 Å². The van der Waals surface area contributed by atoms with Gasteiger partial charge in [-0.05, 0) is 45.0 Å². The van der Waals surface area contributed by atoms with Gasteiger partial charge in [0.1, 0.15) is 18.0 Å². The van der Waals surface area contributed by atoms with Crippen LogP contribution in [-0.2, 0) is 4.74 Å². The molecule has 0 spiro atoms. The zero-order chi connectivity index (χ0) is 16.2. The summed E-state index contributed by atoms with van der Waals surface area (Å²) in [4.78, 5) is 19.8. The summed E-state index contributed by atoms with van der Waals surface area (Å²) in [5.74, 6) is 1.06. The Kier molecular flexibility index (Phi) is 4.60. The molecular formula is C16H20N4O2. The van der Waals surface area contributed by atoms with Crippen molar-refractivity contribution in [2.24, 2.45) is 0 Å². The molecule has 2 N–H and O–H groups in total. The Balaban J connectivity index is 2.10. The number of carbonyl (C=O) groups excluding carboxylic acids is 1. The van der Waals surface area contributed by atoms with E-state index < -0.39 is 0 Å². The van der Waals surface area contributed by atoms with Crippen molar-refractivity contribution in [2.45, 2.75) is 26.3 Å². The maximum absolute atomic E-state index is 11.4. The molecule has 1 heterocycles. The van der Waals surface area contributed by atoms with Gasteiger partial charge in [-0.2, -0.15) is 0 Å². The summed E-state index contributed by atoms with van der Waals surface area (Å²) in [7, 11) is 1.36. The van der Waals surface area contributed by atoms with Crippen molar-refractivity contribution in [1.29, 1.82) is 0 Å². The number of rotatable bonds is 4. The number of anilines is 3. The number of benzene rings is 1. The maximum Gasteiger partial charge on any atom is 0.337 e. The van der Waals surface area contributed by atoms with Crippen molar-refractivity contribution in [3.05, 3.63) is 42.2 Å². The average Bonchev–Trinajstić information content (AvgIpc) is 2.46. The van der Waals surface area contributed by atoms with E-state index in [1.807, 2.05) is 6.07 Å². The van der Waals surface area contributed by atoms with E-state index >= 15 is 0 Å². The van der Waals surface area contributed by atoms with Gasteiger partial charge in [-0.1, -0.05) is 0 Å². The Labute approximate surface area is 129 Å². The van der Waals surface area contributed by atoms with Crippen molar-refractivity contribution < 1.29 is 9.53 Å². The topological polar surface area (TPSA) is 76.1 Å². The van der Waals surface area contributed by atoms with Gasteiger partial charge < -0.3 is 15.4 Å². The lowest BCUT2D eigenvalue weighted by Crippen LogP contribution is -2.26. The van der Waals surface area contributed by atoms with E-state index in [1.54, 1.807) is 24.3 Å². The zero-order valence-electron chi connectivity index (χ0n) is 13.2. The number of carbonyl (C=O) groups is 1. The predicted octanol–water partition coefficient (Wildman–Crippen LogP) is 3.22. The molecule has 0 atom stereocenters. The molecule has 0 unspecified atom stereocenters. The molecule has 0 saturated carbocycles. The van der Waals surface area contributed by atoms with Gasteiger partial charge in [0.15, 0.2) is 0 Å². The fraction of sp³-hybridized carbons (Fsp3) is 0.312. The highest BCUT2D eigenvalue weighted by Gasteiger charge is 2.11. The van der Waals surface area contributed by atoms with Crippen molar-refractivity contribution in [3.8, 4) is 0 Å². The summed E-state index contributed by atoms with van der Waals surface area (Å²) in [6.45, 7) is 6.19. The number of ether oxygens (including phenoxy) is 1. The molecule has 116 valence electrons. The second-order valence-electron chi connectivity index (χ2n) is 5.86. The highest BCUT2D eigenvalue weighted by molar-refractivity contribution is 5.89. The number of nitrogens with one attached hydrogen (secondary N) is 2. The fourth-order valence-corrected chi connectivity index (χ4v) is 1.83. The van der Waals surface area contributed by atoms with Crippen molar-refractivity contribution in [2.75, 3.05) is 17.7 Å². The van der Waals surface area contributed by atoms with Gasteiger partial charge >= 0.3 is 5.97 Å². The van der Waals surface area contributed by atoms with Crippen molar-refractivity contribution in [3.63, 3.8) is 0 Å². The summed E-state index contributed by atoms with van der Waals surface area (Å²) in [6, 6.07) is 8.82. The lowest BCUT2D eigenvalue weighted by molar-refractivity contribution is 0.0601. The van der Waals surface area contributed by atoms with Gasteiger partial charge in [0, 0.05) is 17.3 Å². The summed E-state index contributed by atoms with van der Waals surface area (Å²) < 4.78 is 4.67. The highest BCUT2D eigenvalue weighted by Crippen LogP contribution is 2.19. The number of methoxy groups -OCH3 is 1. The molecule has 22 heavy (non-hydrogen) atoms. The highest BCUT2D eigenvalue weighted by atomic mass is 16.5. The maximum atomic E-state index is 11.4. The SMILES string of the molecule is COC(=O)c1ccc(Nc2cc(NC(C)(C)C)ncn2)cc1. The van der Waals surface area contributed by atoms with Crippen LogP contribution in [0.5, 0.6) is 0 Å². The minimum Gasteiger partial charge on any atom is -0.465 e. The number of esters is 1. The molecule has 0 aliphatic rings. The van der Waals surface area contributed by atoms with Crippen LogP contribution in [0, 0.1) is 0 Å². The lowest BCUT2D eigenvalue weighted by Gasteiger charge is -2.21. The molecule has 0 bridgehead atoms. The third-order valence-electron chi connectivity index (χ3n) is 2.75. The van der Waals surface area contributed by atoms with Crippen LogP contribution in [0.2, 0.25) is 0 Å². The minimum atomic E-state index is -0.356. The number of aromatic nitrogens is 2. The molecular weight excluding hydrogens is 280 g/mol. The van der Waals surface area contributed by atoms with Gasteiger partial charge in [-0.3, -0.25) is 0 Å². The van der Waals surface area contributed by atoms with E-state index in [0.29, 0.717) is 11.4 Å². The van der Waals surface area contributed by atoms with E-state index in [0.717, 1.165) is 11.5 Å². The molecule has 6 heteroatoms. The van der Waals surface area contributed by atoms with Crippen LogP contribution in [0.1, 0.15) is 31.1 Å². The Morgan fingerprint density at radius 3 is 2.32 bits per heavy atom. The Morgan fingerprint density at radius 1 is 1.09 bits per heavy atom. The summed E-state index contributed by atoms with van der Waals surface area (Å²) >= 11 is 0. The number of hydrogen-bond donors (Lipinski definition) is 2. The van der Waals surface area contributed by atoms with E-state index in [2.05, 4.69) is 46.1 Å². The molecule has 1 aromatic heterocycles. The predicted molar refractivity (Wildman–Crippen MR) is 86.5 cm³/mol. The third-order valence-corrected chi connectivity index (χ3v) is 2.75. The first kappa shape index (κ1) is 15.8. The smallest absolute Gasteiger partial charge is 0.337 e. The quantitative estimate of drug-likeness (QED) is 0.844. The summed E-state index contributed by atoms with van der Waals surface area (Å²) in [6.07, 6.45) is 1.50. The molecule has 6 nitrogen and oxygen atoms in total. The normalized spacial score (nSPS) is 10.9. The molecule has 2 rings (SSSR count). The standard InChI is InChI=1S/C16H20N4O2/c1-16(2,3)20-14-9-13(17-10-18-14)19-12-7-5-11(6-8-12)15(21)22-4/h5-10H,1-4H3,(H2,17,18,19,20). The molecule has 0 saturated heterocycles. The average molecular weight is 300 g/mol. The van der Waals surface area contributed by atoms with Crippen LogP contribution in [0.4, 0.5) is 17.3 Å². The van der Waals surface area contributed by atoms with Gasteiger partial charge in [-0.25, -0.2) is 14.8 Å². The van der Waals surface area contributed by atoms with Gasteiger partial charge in [0.2, 0.25) is 0 Å². The van der Waals surface area contributed by atoms with E-state index in [4.69, 9.17) is 0 Å². The van der Waals surface area contributed by atoms with Crippen LogP contribution in [-0.4, -0.2) is 28.6 Å². The second-order valence-corrected chi connectivity index (χ2v) is 5.86. The summed E-state index contributed by atoms with van der Waals surface area (Å²) in [5, 5.41) is 6.46. The van der Waals surface area contributed by atoms with Crippen LogP contribution in [0.3, 0.4) is 0 Å². The largest absolute Gasteiger partial charge is 0.465 e. The Bertz CT molecular complexity index is 648. The van der Waals surface area contributed by atoms with Crippen LogP contribution < -0.4 is 10.6 Å². The number of nitrogens with zero attached hydrogens (tertiary/aromatic N) is 2. The van der Waals surface area contributed by atoms with Gasteiger partial charge in [0.25, 0.3) is 0 Å². The van der Waals surface area contributed by atoms with E-state index in [1.165, 1.54) is 13.4 Å². The van der Waals surface area contributed by atoms with Crippen molar-refractivity contribution in [1.82, 2.24) is 9.97 Å². The molecule has 0 aliphatic heterocycles. The molecule has 0 aliphatic carbocycles. The summed E-state index contributed by atoms with van der Waals surface area (Å²) in [5.41, 5.74) is 1.26. The first-order valence-electron chi connectivity index (χ1n) is 6.93. The number of hydrogen-bond acceptors (Lipinski definition) is 6. The van der Waals surface area contributed by atoms with Gasteiger partial charge in [-0.15, -0.1) is 0 Å². The lowest BCUT2D eigenvalue weighted by atomic mass is 10.1. The Morgan fingerprint density at radius 2 is 1.73 bits per heavy atom. The van der Waals surface area contributed by atoms with Gasteiger partial charge in [0.05, 0.1) is 12.7 Å². The molecule has 0 amide bonds. The first-order chi connectivity index (χ1) is 10.4. The van der Waals surface area contributed by atoms with Crippen LogP contribution in [0.15, 0.2) is 36.7 Å². The minimum absolute atomic E-state index is 0.0756. The zero-order valence-corrected chi connectivity index (χ0v) is 13.2. The van der Waals surface area contributed by atoms with Crippen LogP contribution >= 0.6 is 0 Å². The molecule has 0 fully saturated rings. The monoisotopic (exact) mass is 300 g/mol. The molecule has 1 aromatic carbocycles. The van der Waals surface area contributed by atoms with E-state index in [9.17, 15) is 4.79 Å². The molecule has 2 aromatic rings. The first-order valence-corrected chi connectivity index (χ1v) is 6.93. The van der Waals surface area contributed by atoms with Crippen LogP contribution in [0.25, 0.3) is 0 Å². The molecule has 0 radical (unpaired) electrons. The fourth-order valence-electron chi connectivity index (χ4n) is 1.83. The van der Waals surface area contributed by atoms with Crippen molar-refractivity contribution >= 4 is 23.3 Å². The third kappa shape index (κ3) is 4.44.